The Bertz CT molecular complexity index is 1100. The fourth-order valence-corrected chi connectivity index (χ4v) is 3.61. The summed E-state index contributed by atoms with van der Waals surface area (Å²) in [5.41, 5.74) is 2.69. The average molecular weight is 392 g/mol. The van der Waals surface area contributed by atoms with Crippen molar-refractivity contribution in [2.75, 3.05) is 11.9 Å². The number of halogens is 2. The molecule has 0 aliphatic carbocycles. The second-order valence-corrected chi connectivity index (χ2v) is 7.01. The van der Waals surface area contributed by atoms with Crippen molar-refractivity contribution in [3.8, 4) is 0 Å². The lowest BCUT2D eigenvalue weighted by atomic mass is 9.94. The van der Waals surface area contributed by atoms with Crippen molar-refractivity contribution in [2.24, 2.45) is 0 Å². The summed E-state index contributed by atoms with van der Waals surface area (Å²) >= 11 is 0. The van der Waals surface area contributed by atoms with Gasteiger partial charge in [-0.15, -0.1) is 0 Å². The van der Waals surface area contributed by atoms with Crippen molar-refractivity contribution < 1.29 is 18.4 Å². The van der Waals surface area contributed by atoms with Gasteiger partial charge in [-0.1, -0.05) is 42.0 Å². The van der Waals surface area contributed by atoms with Gasteiger partial charge in [-0.2, -0.15) is 0 Å². The van der Waals surface area contributed by atoms with Gasteiger partial charge in [0, 0.05) is 11.3 Å². The minimum absolute atomic E-state index is 0.122. The van der Waals surface area contributed by atoms with E-state index in [4.69, 9.17) is 0 Å². The maximum absolute atomic E-state index is 14.3. The summed E-state index contributed by atoms with van der Waals surface area (Å²) in [4.78, 5) is 27.2. The molecule has 3 aromatic carbocycles. The molecule has 0 saturated heterocycles. The predicted molar refractivity (Wildman–Crippen MR) is 105 cm³/mol. The van der Waals surface area contributed by atoms with Crippen LogP contribution in [0.4, 0.5) is 14.5 Å². The summed E-state index contributed by atoms with van der Waals surface area (Å²) in [5.74, 6) is -2.07. The lowest BCUT2D eigenvalue weighted by Gasteiger charge is -2.31. The summed E-state index contributed by atoms with van der Waals surface area (Å²) in [5, 5.41) is 2.81. The zero-order chi connectivity index (χ0) is 20.5. The van der Waals surface area contributed by atoms with Gasteiger partial charge in [0.15, 0.2) is 0 Å². The third-order valence-corrected chi connectivity index (χ3v) is 4.95. The van der Waals surface area contributed by atoms with Crippen LogP contribution >= 0.6 is 0 Å². The van der Waals surface area contributed by atoms with Crippen LogP contribution in [0.25, 0.3) is 0 Å². The molecule has 0 aromatic heterocycles. The molecule has 1 N–H and O–H groups in total. The zero-order valence-corrected chi connectivity index (χ0v) is 15.7. The molecule has 0 fully saturated rings. The van der Waals surface area contributed by atoms with Crippen LogP contribution in [0, 0.1) is 18.6 Å². The largest absolute Gasteiger partial charge is 0.324 e. The van der Waals surface area contributed by atoms with Crippen LogP contribution in [0.2, 0.25) is 0 Å². The number of carbonyl (C=O) groups is 2. The number of aryl methyl sites for hydroxylation is 1. The molecule has 1 aliphatic rings. The molecule has 4 rings (SSSR count). The molecule has 4 nitrogen and oxygen atoms in total. The monoisotopic (exact) mass is 392 g/mol. The first-order valence-corrected chi connectivity index (χ1v) is 9.15. The fraction of sp³-hybridized carbons (Fsp3) is 0.130. The van der Waals surface area contributed by atoms with Crippen LogP contribution in [0.5, 0.6) is 0 Å². The van der Waals surface area contributed by atoms with Crippen molar-refractivity contribution in [2.45, 2.75) is 13.0 Å². The van der Waals surface area contributed by atoms with Crippen LogP contribution in [-0.2, 0) is 4.79 Å². The maximum Gasteiger partial charge on any atom is 0.258 e. The van der Waals surface area contributed by atoms with Crippen molar-refractivity contribution in [1.29, 1.82) is 0 Å². The lowest BCUT2D eigenvalue weighted by Crippen LogP contribution is -2.39. The van der Waals surface area contributed by atoms with E-state index in [0.717, 1.165) is 5.56 Å². The number of amides is 2. The van der Waals surface area contributed by atoms with Crippen LogP contribution < -0.4 is 5.32 Å². The molecule has 2 amide bonds. The van der Waals surface area contributed by atoms with Gasteiger partial charge in [-0.05, 0) is 42.8 Å². The first kappa shape index (κ1) is 18.8. The molecule has 1 unspecified atom stereocenters. The molecule has 0 saturated carbocycles. The van der Waals surface area contributed by atoms with Crippen LogP contribution in [0.3, 0.4) is 0 Å². The van der Waals surface area contributed by atoms with Gasteiger partial charge in [0.05, 0.1) is 11.6 Å². The molecular weight excluding hydrogens is 374 g/mol. The van der Waals surface area contributed by atoms with E-state index in [2.05, 4.69) is 5.32 Å². The number of carbonyl (C=O) groups excluding carboxylic acids is 2. The summed E-state index contributed by atoms with van der Waals surface area (Å²) < 4.78 is 27.9. The maximum atomic E-state index is 14.3. The number of benzene rings is 3. The highest BCUT2D eigenvalue weighted by Gasteiger charge is 2.34. The van der Waals surface area contributed by atoms with Crippen molar-refractivity contribution in [3.63, 3.8) is 0 Å². The highest BCUT2D eigenvalue weighted by atomic mass is 19.1. The Labute approximate surface area is 166 Å². The highest BCUT2D eigenvalue weighted by molar-refractivity contribution is 6.01. The first-order chi connectivity index (χ1) is 13.9. The van der Waals surface area contributed by atoms with Crippen LogP contribution in [-0.4, -0.2) is 23.3 Å². The molecule has 0 bridgehead atoms. The summed E-state index contributed by atoms with van der Waals surface area (Å²) in [6.07, 6.45) is 0. The Balaban J connectivity index is 1.91. The molecule has 0 spiro atoms. The minimum atomic E-state index is -0.684. The Hall–Kier alpha value is -3.54. The molecule has 29 heavy (non-hydrogen) atoms. The Morgan fingerprint density at radius 1 is 1.03 bits per heavy atom. The van der Waals surface area contributed by atoms with Crippen molar-refractivity contribution in [1.82, 2.24) is 4.90 Å². The smallest absolute Gasteiger partial charge is 0.258 e. The minimum Gasteiger partial charge on any atom is -0.324 e. The molecule has 0 radical (unpaired) electrons. The topological polar surface area (TPSA) is 49.4 Å². The van der Waals surface area contributed by atoms with Gasteiger partial charge in [0.25, 0.3) is 5.91 Å². The van der Waals surface area contributed by atoms with Crippen LogP contribution in [0.1, 0.15) is 33.1 Å². The molecular formula is C23H18F2N2O2. The third-order valence-electron chi connectivity index (χ3n) is 4.95. The van der Waals surface area contributed by atoms with Crippen molar-refractivity contribution in [3.05, 3.63) is 101 Å². The second kappa shape index (κ2) is 7.47. The Morgan fingerprint density at radius 2 is 1.76 bits per heavy atom. The van der Waals surface area contributed by atoms with Crippen LogP contribution in [0.15, 0.2) is 66.7 Å². The normalized spacial score (nSPS) is 16.0. The first-order valence-electron chi connectivity index (χ1n) is 9.15. The predicted octanol–water partition coefficient (Wildman–Crippen LogP) is 4.46. The van der Waals surface area contributed by atoms with E-state index in [9.17, 15) is 18.4 Å². The molecule has 1 atom stereocenters. The average Bonchev–Trinajstić information content (AvgIpc) is 2.84. The standard InChI is InChI=1S/C23H18F2N2O2/c1-14-6-11-20-18(12-14)22(15-7-9-16(24)10-8-15)27(13-21(28)26-20)23(29)17-4-2-3-5-19(17)25/h2-12,22H,13H2,1H3,(H,26,28). The summed E-state index contributed by atoms with van der Waals surface area (Å²) in [7, 11) is 0. The number of fused-ring (bicyclic) bond motifs is 1. The van der Waals surface area contributed by atoms with Crippen molar-refractivity contribution >= 4 is 17.5 Å². The van der Waals surface area contributed by atoms with E-state index in [-0.39, 0.29) is 18.0 Å². The molecule has 146 valence electrons. The number of anilines is 1. The SMILES string of the molecule is Cc1ccc2c(c1)C(c1ccc(F)cc1)N(C(=O)c1ccccc1F)CC(=O)N2. The zero-order valence-electron chi connectivity index (χ0n) is 15.7. The third kappa shape index (κ3) is 3.61. The van der Waals surface area contributed by atoms with E-state index in [1.165, 1.54) is 35.2 Å². The summed E-state index contributed by atoms with van der Waals surface area (Å²) in [6, 6.07) is 16.2. The van der Waals surface area contributed by atoms with E-state index < -0.39 is 23.6 Å². The van der Waals surface area contributed by atoms with Gasteiger partial charge >= 0.3 is 0 Å². The number of nitrogens with zero attached hydrogens (tertiary/aromatic N) is 1. The highest BCUT2D eigenvalue weighted by Crippen LogP contribution is 2.37. The molecule has 6 heteroatoms. The van der Waals surface area contributed by atoms with Gasteiger partial charge in [0.2, 0.25) is 5.91 Å². The fourth-order valence-electron chi connectivity index (χ4n) is 3.61. The van der Waals surface area contributed by atoms with Gasteiger partial charge < -0.3 is 10.2 Å². The van der Waals surface area contributed by atoms with E-state index in [1.807, 2.05) is 19.1 Å². The lowest BCUT2D eigenvalue weighted by molar-refractivity contribution is -0.117. The van der Waals surface area contributed by atoms with Gasteiger partial charge in [-0.3, -0.25) is 9.59 Å². The Morgan fingerprint density at radius 3 is 2.48 bits per heavy atom. The van der Waals surface area contributed by atoms with E-state index in [1.54, 1.807) is 24.3 Å². The summed E-state index contributed by atoms with van der Waals surface area (Å²) in [6.45, 7) is 1.64. The number of rotatable bonds is 2. The number of nitrogens with one attached hydrogen (secondary N) is 1. The Kier molecular flexibility index (Phi) is 4.84. The number of hydrogen-bond donors (Lipinski definition) is 1. The van der Waals surface area contributed by atoms with Gasteiger partial charge in [0.1, 0.15) is 18.2 Å². The molecule has 1 heterocycles. The van der Waals surface area contributed by atoms with Gasteiger partial charge in [-0.25, -0.2) is 8.78 Å². The van der Waals surface area contributed by atoms with E-state index in [0.29, 0.717) is 16.8 Å². The second-order valence-electron chi connectivity index (χ2n) is 7.01. The van der Waals surface area contributed by atoms with E-state index >= 15 is 0 Å². The number of hydrogen-bond acceptors (Lipinski definition) is 2. The molecule has 3 aromatic rings. The quantitative estimate of drug-likeness (QED) is 0.700. The molecule has 1 aliphatic heterocycles.